The summed E-state index contributed by atoms with van der Waals surface area (Å²) >= 11 is 0. The highest BCUT2D eigenvalue weighted by Crippen LogP contribution is 2.38. The van der Waals surface area contributed by atoms with Gasteiger partial charge in [-0.25, -0.2) is 0 Å². The average Bonchev–Trinajstić information content (AvgIpc) is 2.45. The molecule has 0 saturated heterocycles. The Morgan fingerprint density at radius 3 is 1.43 bits per heavy atom. The smallest absolute Gasteiger partial charge is 0.267 e. The standard InChI is InChI=1S/C16H35O4P/c1-3-5-7-9-10-11-12-14-16-20-21(17,18)19-15-13-8-6-4-2/h3-16H2,1-2H3,(H,17,18)/p-1. The lowest BCUT2D eigenvalue weighted by Crippen LogP contribution is -2.10. The van der Waals surface area contributed by atoms with Gasteiger partial charge in [0.15, 0.2) is 0 Å². The van der Waals surface area contributed by atoms with Crippen molar-refractivity contribution in [2.24, 2.45) is 0 Å². The van der Waals surface area contributed by atoms with Gasteiger partial charge in [0.1, 0.15) is 0 Å². The van der Waals surface area contributed by atoms with Crippen molar-refractivity contribution in [3.63, 3.8) is 0 Å². The maximum absolute atomic E-state index is 11.5. The molecule has 1 unspecified atom stereocenters. The molecule has 0 heterocycles. The second-order valence-corrected chi connectivity index (χ2v) is 7.06. The largest absolute Gasteiger partial charge is 0.756 e. The SMILES string of the molecule is CCCCCCCCCCOP(=O)([O-])OCCCCCC. The van der Waals surface area contributed by atoms with E-state index in [2.05, 4.69) is 13.8 Å². The van der Waals surface area contributed by atoms with Crippen LogP contribution in [0.15, 0.2) is 0 Å². The first-order chi connectivity index (χ1) is 10.1. The van der Waals surface area contributed by atoms with Gasteiger partial charge in [-0.3, -0.25) is 4.57 Å². The predicted molar refractivity (Wildman–Crippen MR) is 86.3 cm³/mol. The van der Waals surface area contributed by atoms with Gasteiger partial charge in [0.05, 0.1) is 13.2 Å². The molecular formula is C16H34O4P-. The number of phosphoric ester groups is 1. The van der Waals surface area contributed by atoms with Gasteiger partial charge in [-0.05, 0) is 12.8 Å². The number of rotatable bonds is 16. The first-order valence-electron chi connectivity index (χ1n) is 8.72. The van der Waals surface area contributed by atoms with E-state index in [0.717, 1.165) is 44.9 Å². The molecule has 0 amide bonds. The molecule has 4 nitrogen and oxygen atoms in total. The normalized spacial score (nSPS) is 14.2. The van der Waals surface area contributed by atoms with E-state index in [1.807, 2.05) is 0 Å². The Morgan fingerprint density at radius 2 is 1.00 bits per heavy atom. The Morgan fingerprint density at radius 1 is 0.667 bits per heavy atom. The number of hydrogen-bond donors (Lipinski definition) is 0. The third kappa shape index (κ3) is 16.3. The second kappa shape index (κ2) is 15.0. The first-order valence-corrected chi connectivity index (χ1v) is 10.2. The summed E-state index contributed by atoms with van der Waals surface area (Å²) in [6.07, 6.45) is 13.4. The average molecular weight is 321 g/mol. The Kier molecular flexibility index (Phi) is 15.1. The summed E-state index contributed by atoms with van der Waals surface area (Å²) in [5.74, 6) is 0. The molecule has 0 aliphatic carbocycles. The molecule has 1 atom stereocenters. The zero-order valence-corrected chi connectivity index (χ0v) is 14.9. The van der Waals surface area contributed by atoms with Crippen LogP contribution >= 0.6 is 7.82 Å². The third-order valence-electron chi connectivity index (χ3n) is 3.49. The molecule has 5 heteroatoms. The maximum Gasteiger partial charge on any atom is 0.267 e. The third-order valence-corrected chi connectivity index (χ3v) is 4.49. The zero-order valence-electron chi connectivity index (χ0n) is 14.0. The summed E-state index contributed by atoms with van der Waals surface area (Å²) in [5.41, 5.74) is 0. The Bertz CT molecular complexity index is 259. The molecule has 0 spiro atoms. The molecule has 0 aromatic rings. The van der Waals surface area contributed by atoms with Crippen molar-refractivity contribution in [1.29, 1.82) is 0 Å². The number of phosphoric acid groups is 1. The van der Waals surface area contributed by atoms with Crippen LogP contribution in [0.2, 0.25) is 0 Å². The lowest BCUT2D eigenvalue weighted by Gasteiger charge is -2.22. The molecule has 0 aliphatic rings. The molecule has 0 aromatic heterocycles. The number of unbranched alkanes of at least 4 members (excludes halogenated alkanes) is 10. The molecule has 0 aromatic carbocycles. The van der Waals surface area contributed by atoms with Gasteiger partial charge in [0, 0.05) is 0 Å². The monoisotopic (exact) mass is 321 g/mol. The Labute approximate surface area is 131 Å². The summed E-state index contributed by atoms with van der Waals surface area (Å²) in [6, 6.07) is 0. The van der Waals surface area contributed by atoms with Gasteiger partial charge >= 0.3 is 0 Å². The topological polar surface area (TPSA) is 58.6 Å². The minimum absolute atomic E-state index is 0.248. The lowest BCUT2D eigenvalue weighted by molar-refractivity contribution is -0.225. The van der Waals surface area contributed by atoms with E-state index in [4.69, 9.17) is 9.05 Å². The highest BCUT2D eigenvalue weighted by Gasteiger charge is 2.08. The van der Waals surface area contributed by atoms with E-state index in [1.54, 1.807) is 0 Å². The van der Waals surface area contributed by atoms with Gasteiger partial charge in [0.25, 0.3) is 7.82 Å². The van der Waals surface area contributed by atoms with Gasteiger partial charge in [-0.15, -0.1) is 0 Å². The van der Waals surface area contributed by atoms with Crippen LogP contribution in [0.3, 0.4) is 0 Å². The first kappa shape index (κ1) is 21.1. The van der Waals surface area contributed by atoms with E-state index in [0.29, 0.717) is 0 Å². The highest BCUT2D eigenvalue weighted by molar-refractivity contribution is 7.45. The summed E-state index contributed by atoms with van der Waals surface area (Å²) < 4.78 is 21.1. The van der Waals surface area contributed by atoms with Crippen LogP contribution in [-0.4, -0.2) is 13.2 Å². The van der Waals surface area contributed by atoms with Gasteiger partial charge in [0.2, 0.25) is 0 Å². The Hall–Kier alpha value is 0.110. The van der Waals surface area contributed by atoms with E-state index < -0.39 is 7.82 Å². The van der Waals surface area contributed by atoms with E-state index in [9.17, 15) is 9.46 Å². The molecule has 0 fully saturated rings. The molecule has 0 aliphatic heterocycles. The molecule has 0 N–H and O–H groups in total. The minimum Gasteiger partial charge on any atom is -0.756 e. The van der Waals surface area contributed by atoms with Crippen LogP contribution in [-0.2, 0) is 13.6 Å². The van der Waals surface area contributed by atoms with Crippen LogP contribution < -0.4 is 4.89 Å². The van der Waals surface area contributed by atoms with E-state index in [1.165, 1.54) is 32.1 Å². The van der Waals surface area contributed by atoms with Gasteiger partial charge in [-0.2, -0.15) is 0 Å². The van der Waals surface area contributed by atoms with Crippen LogP contribution in [0, 0.1) is 0 Å². The van der Waals surface area contributed by atoms with Crippen LogP contribution in [0.4, 0.5) is 0 Å². The van der Waals surface area contributed by atoms with E-state index >= 15 is 0 Å². The summed E-state index contributed by atoms with van der Waals surface area (Å²) in [6.45, 7) is 4.83. The molecule has 21 heavy (non-hydrogen) atoms. The zero-order chi connectivity index (χ0) is 15.8. The van der Waals surface area contributed by atoms with Gasteiger partial charge in [-0.1, -0.05) is 78.1 Å². The fraction of sp³-hybridized carbons (Fsp3) is 1.00. The second-order valence-electron chi connectivity index (χ2n) is 5.65. The minimum atomic E-state index is -4.06. The summed E-state index contributed by atoms with van der Waals surface area (Å²) in [4.78, 5) is 11.5. The van der Waals surface area contributed by atoms with Crippen molar-refractivity contribution in [2.75, 3.05) is 13.2 Å². The molecule has 0 radical (unpaired) electrons. The molecule has 0 rings (SSSR count). The molecular weight excluding hydrogens is 287 g/mol. The fourth-order valence-corrected chi connectivity index (χ4v) is 2.93. The van der Waals surface area contributed by atoms with Crippen molar-refractivity contribution in [3.05, 3.63) is 0 Å². The predicted octanol–water partition coefficient (Wildman–Crippen LogP) is 5.21. The van der Waals surface area contributed by atoms with E-state index in [-0.39, 0.29) is 13.2 Å². The van der Waals surface area contributed by atoms with Crippen LogP contribution in [0.25, 0.3) is 0 Å². The maximum atomic E-state index is 11.5. The molecule has 128 valence electrons. The summed E-state index contributed by atoms with van der Waals surface area (Å²) in [7, 11) is -4.06. The molecule has 0 saturated carbocycles. The summed E-state index contributed by atoms with van der Waals surface area (Å²) in [5, 5.41) is 0. The molecule has 0 bridgehead atoms. The highest BCUT2D eigenvalue weighted by atomic mass is 31.2. The number of hydrogen-bond acceptors (Lipinski definition) is 4. The van der Waals surface area contributed by atoms with Gasteiger partial charge < -0.3 is 13.9 Å². The van der Waals surface area contributed by atoms with Crippen molar-refractivity contribution < 1.29 is 18.5 Å². The fourth-order valence-electron chi connectivity index (χ4n) is 2.15. The van der Waals surface area contributed by atoms with Crippen molar-refractivity contribution in [3.8, 4) is 0 Å². The van der Waals surface area contributed by atoms with Crippen molar-refractivity contribution in [2.45, 2.75) is 90.9 Å². The van der Waals surface area contributed by atoms with Crippen LogP contribution in [0.5, 0.6) is 0 Å². The lowest BCUT2D eigenvalue weighted by atomic mass is 10.1. The quantitative estimate of drug-likeness (QED) is 0.289. The van der Waals surface area contributed by atoms with Crippen molar-refractivity contribution in [1.82, 2.24) is 0 Å². The Balaban J connectivity index is 3.34. The van der Waals surface area contributed by atoms with Crippen LogP contribution in [0.1, 0.15) is 90.9 Å². The van der Waals surface area contributed by atoms with Crippen molar-refractivity contribution >= 4 is 7.82 Å².